The fourth-order valence-corrected chi connectivity index (χ4v) is 1.85. The van der Waals surface area contributed by atoms with Crippen molar-refractivity contribution in [1.82, 2.24) is 9.97 Å². The predicted octanol–water partition coefficient (Wildman–Crippen LogP) is 2.25. The number of hydrogen-bond donors (Lipinski definition) is 1. The molecule has 0 unspecified atom stereocenters. The average molecular weight is 244 g/mol. The van der Waals surface area contributed by atoms with Gasteiger partial charge in [-0.05, 0) is 26.0 Å². The molecule has 0 aliphatic rings. The van der Waals surface area contributed by atoms with Crippen LogP contribution in [-0.4, -0.2) is 14.9 Å². The maximum absolute atomic E-state index is 11.0. The lowest BCUT2D eigenvalue weighted by molar-refractivity contribution is -0.384. The van der Waals surface area contributed by atoms with Crippen LogP contribution in [0.5, 0.6) is 0 Å². The van der Waals surface area contributed by atoms with E-state index in [1.807, 2.05) is 32.0 Å². The molecule has 2 aromatic rings. The number of anilines is 1. The highest BCUT2D eigenvalue weighted by Gasteiger charge is 2.18. The van der Waals surface area contributed by atoms with Crippen LogP contribution in [0.15, 0.2) is 24.4 Å². The molecular formula is C12H12N4O2. The zero-order valence-corrected chi connectivity index (χ0v) is 10.0. The summed E-state index contributed by atoms with van der Waals surface area (Å²) >= 11 is 0. The van der Waals surface area contributed by atoms with Gasteiger partial charge < -0.3 is 5.73 Å². The zero-order chi connectivity index (χ0) is 13.3. The van der Waals surface area contributed by atoms with Crippen LogP contribution in [0.3, 0.4) is 0 Å². The van der Waals surface area contributed by atoms with Gasteiger partial charge in [0.15, 0.2) is 5.69 Å². The van der Waals surface area contributed by atoms with Crippen LogP contribution in [0.4, 0.5) is 11.6 Å². The fourth-order valence-electron chi connectivity index (χ4n) is 1.85. The van der Waals surface area contributed by atoms with Gasteiger partial charge in [0.1, 0.15) is 6.20 Å². The lowest BCUT2D eigenvalue weighted by atomic mass is 10.0. The summed E-state index contributed by atoms with van der Waals surface area (Å²) in [4.78, 5) is 18.1. The summed E-state index contributed by atoms with van der Waals surface area (Å²) < 4.78 is 0. The molecule has 0 spiro atoms. The number of aryl methyl sites for hydroxylation is 2. The van der Waals surface area contributed by atoms with Crippen LogP contribution in [0, 0.1) is 24.0 Å². The summed E-state index contributed by atoms with van der Waals surface area (Å²) in [6.07, 6.45) is 1.13. The van der Waals surface area contributed by atoms with E-state index in [0.717, 1.165) is 17.3 Å². The molecule has 0 saturated heterocycles. The third-order valence-electron chi connectivity index (χ3n) is 2.48. The third-order valence-corrected chi connectivity index (χ3v) is 2.48. The number of nitrogens with two attached hydrogens (primary N) is 1. The van der Waals surface area contributed by atoms with E-state index in [9.17, 15) is 10.1 Å². The summed E-state index contributed by atoms with van der Waals surface area (Å²) in [5.74, 6) is 0.0229. The second-order valence-corrected chi connectivity index (χ2v) is 4.10. The maximum Gasteiger partial charge on any atom is 0.313 e. The second-order valence-electron chi connectivity index (χ2n) is 4.10. The van der Waals surface area contributed by atoms with E-state index >= 15 is 0 Å². The van der Waals surface area contributed by atoms with Crippen molar-refractivity contribution in [3.63, 3.8) is 0 Å². The molecule has 2 rings (SSSR count). The molecule has 92 valence electrons. The molecule has 0 radical (unpaired) electrons. The number of hydrogen-bond acceptors (Lipinski definition) is 5. The number of nitrogens with zero attached hydrogens (tertiary/aromatic N) is 3. The quantitative estimate of drug-likeness (QED) is 0.645. The molecule has 6 heteroatoms. The molecule has 0 aliphatic carbocycles. The molecule has 2 N–H and O–H groups in total. The molecule has 1 aromatic heterocycles. The zero-order valence-electron chi connectivity index (χ0n) is 10.0. The summed E-state index contributed by atoms with van der Waals surface area (Å²) in [7, 11) is 0. The highest BCUT2D eigenvalue weighted by atomic mass is 16.6. The first-order valence-electron chi connectivity index (χ1n) is 5.33. The van der Waals surface area contributed by atoms with Crippen molar-refractivity contribution in [2.24, 2.45) is 0 Å². The van der Waals surface area contributed by atoms with Crippen LogP contribution in [0.2, 0.25) is 0 Å². The Balaban J connectivity index is 2.68. The summed E-state index contributed by atoms with van der Waals surface area (Å²) in [5, 5.41) is 11.0. The largest absolute Gasteiger partial charge is 0.368 e. The summed E-state index contributed by atoms with van der Waals surface area (Å²) in [5.41, 5.74) is 8.30. The van der Waals surface area contributed by atoms with Gasteiger partial charge >= 0.3 is 5.69 Å². The van der Waals surface area contributed by atoms with Crippen molar-refractivity contribution in [1.29, 1.82) is 0 Å². The molecule has 6 nitrogen and oxygen atoms in total. The first-order valence-corrected chi connectivity index (χ1v) is 5.33. The Hall–Kier alpha value is -2.50. The molecule has 1 heterocycles. The maximum atomic E-state index is 11.0. The topological polar surface area (TPSA) is 94.9 Å². The average Bonchev–Trinajstić information content (AvgIpc) is 2.27. The van der Waals surface area contributed by atoms with Gasteiger partial charge in [0, 0.05) is 5.56 Å². The lowest BCUT2D eigenvalue weighted by Gasteiger charge is -2.05. The number of benzene rings is 1. The normalized spacial score (nSPS) is 10.3. The third kappa shape index (κ3) is 2.27. The minimum Gasteiger partial charge on any atom is -0.368 e. The molecule has 0 amide bonds. The van der Waals surface area contributed by atoms with Crippen LogP contribution in [-0.2, 0) is 0 Å². The van der Waals surface area contributed by atoms with Gasteiger partial charge in [0.2, 0.25) is 5.95 Å². The summed E-state index contributed by atoms with van der Waals surface area (Å²) in [6, 6.07) is 5.66. The van der Waals surface area contributed by atoms with Gasteiger partial charge in [-0.25, -0.2) is 9.97 Å². The van der Waals surface area contributed by atoms with Gasteiger partial charge in [-0.2, -0.15) is 0 Å². The van der Waals surface area contributed by atoms with Crippen molar-refractivity contribution >= 4 is 11.6 Å². The minimum atomic E-state index is -0.508. The van der Waals surface area contributed by atoms with E-state index < -0.39 is 4.92 Å². The van der Waals surface area contributed by atoms with E-state index in [4.69, 9.17) is 5.73 Å². The van der Waals surface area contributed by atoms with Gasteiger partial charge in [-0.1, -0.05) is 17.2 Å². The van der Waals surface area contributed by atoms with Crippen LogP contribution in [0.25, 0.3) is 11.3 Å². The Morgan fingerprint density at radius 1 is 1.22 bits per heavy atom. The van der Waals surface area contributed by atoms with Crippen molar-refractivity contribution in [3.8, 4) is 11.3 Å². The summed E-state index contributed by atoms with van der Waals surface area (Å²) in [6.45, 7) is 3.85. The predicted molar refractivity (Wildman–Crippen MR) is 68.0 cm³/mol. The number of aromatic nitrogens is 2. The highest BCUT2D eigenvalue weighted by Crippen LogP contribution is 2.28. The number of nitro groups is 1. The Bertz CT molecular complexity index is 605. The first-order chi connectivity index (χ1) is 8.47. The molecule has 0 atom stereocenters. The van der Waals surface area contributed by atoms with E-state index in [-0.39, 0.29) is 17.3 Å². The van der Waals surface area contributed by atoms with E-state index in [1.165, 1.54) is 0 Å². The Morgan fingerprint density at radius 3 is 2.39 bits per heavy atom. The lowest BCUT2D eigenvalue weighted by Crippen LogP contribution is -2.01. The first kappa shape index (κ1) is 12.0. The Labute approximate surface area is 104 Å². The second kappa shape index (κ2) is 4.40. The van der Waals surface area contributed by atoms with Gasteiger partial charge in [-0.3, -0.25) is 10.1 Å². The van der Waals surface area contributed by atoms with E-state index in [1.54, 1.807) is 0 Å². The molecular weight excluding hydrogens is 232 g/mol. The number of nitrogen functional groups attached to an aromatic ring is 1. The van der Waals surface area contributed by atoms with Crippen LogP contribution >= 0.6 is 0 Å². The minimum absolute atomic E-state index is 0.0229. The Kier molecular flexibility index (Phi) is 2.93. The van der Waals surface area contributed by atoms with E-state index in [0.29, 0.717) is 5.56 Å². The van der Waals surface area contributed by atoms with E-state index in [2.05, 4.69) is 9.97 Å². The van der Waals surface area contributed by atoms with Crippen LogP contribution < -0.4 is 5.73 Å². The molecule has 0 aliphatic heterocycles. The van der Waals surface area contributed by atoms with Gasteiger partial charge in [-0.15, -0.1) is 0 Å². The van der Waals surface area contributed by atoms with Gasteiger partial charge in [0.25, 0.3) is 0 Å². The molecule has 18 heavy (non-hydrogen) atoms. The van der Waals surface area contributed by atoms with Crippen molar-refractivity contribution in [3.05, 3.63) is 45.6 Å². The van der Waals surface area contributed by atoms with Gasteiger partial charge in [0.05, 0.1) is 4.92 Å². The highest BCUT2D eigenvalue weighted by molar-refractivity contribution is 5.70. The monoisotopic (exact) mass is 244 g/mol. The fraction of sp³-hybridized carbons (Fsp3) is 0.167. The van der Waals surface area contributed by atoms with Crippen molar-refractivity contribution in [2.45, 2.75) is 13.8 Å². The molecule has 0 fully saturated rings. The molecule has 0 bridgehead atoms. The standard InChI is InChI=1S/C12H12N4O2/c1-7-3-8(2)5-9(4-7)11-10(16(17)18)6-14-12(13)15-11/h3-6H,1-2H3,(H2,13,14,15). The van der Waals surface area contributed by atoms with Crippen molar-refractivity contribution in [2.75, 3.05) is 5.73 Å². The van der Waals surface area contributed by atoms with Crippen LogP contribution in [0.1, 0.15) is 11.1 Å². The smallest absolute Gasteiger partial charge is 0.313 e. The molecule has 0 saturated carbocycles. The van der Waals surface area contributed by atoms with Crippen molar-refractivity contribution < 1.29 is 4.92 Å². The Morgan fingerprint density at radius 2 is 1.83 bits per heavy atom. The SMILES string of the molecule is Cc1cc(C)cc(-c2nc(N)ncc2[N+](=O)[O-])c1. The molecule has 1 aromatic carbocycles. The number of rotatable bonds is 2.